The largest absolute Gasteiger partial charge is 0.316 e. The van der Waals surface area contributed by atoms with E-state index in [2.05, 4.69) is 15.5 Å². The number of rotatable bonds is 2. The van der Waals surface area contributed by atoms with Gasteiger partial charge >= 0.3 is 5.91 Å². The van der Waals surface area contributed by atoms with Gasteiger partial charge in [0.15, 0.2) is 0 Å². The molecule has 1 aromatic rings. The van der Waals surface area contributed by atoms with Crippen LogP contribution >= 0.6 is 0 Å². The van der Waals surface area contributed by atoms with Gasteiger partial charge in [-0.25, -0.2) is 4.98 Å². The molecule has 0 aliphatic rings. The topological polar surface area (TPSA) is 88.5 Å². The molecule has 0 bridgehead atoms. The van der Waals surface area contributed by atoms with E-state index in [1.54, 1.807) is 6.92 Å². The van der Waals surface area contributed by atoms with Crippen LogP contribution in [0.3, 0.4) is 0 Å². The summed E-state index contributed by atoms with van der Waals surface area (Å²) < 4.78 is 0. The molecular formula is C9H9N3O3. The first-order valence-electron chi connectivity index (χ1n) is 4.17. The molecule has 1 N–H and O–H groups in total. The summed E-state index contributed by atoms with van der Waals surface area (Å²) in [4.78, 5) is 35.7. The van der Waals surface area contributed by atoms with Gasteiger partial charge in [0.05, 0.1) is 5.56 Å². The van der Waals surface area contributed by atoms with Gasteiger partial charge in [-0.15, -0.1) is 4.91 Å². The number of anilines is 1. The zero-order valence-corrected chi connectivity index (χ0v) is 8.27. The number of amides is 2. The highest BCUT2D eigenvalue weighted by molar-refractivity contribution is 5.96. The Hall–Kier alpha value is -2.11. The molecular weight excluding hydrogens is 198 g/mol. The molecule has 0 spiro atoms. The fourth-order valence-corrected chi connectivity index (χ4v) is 1.09. The van der Waals surface area contributed by atoms with E-state index in [-0.39, 0.29) is 17.3 Å². The third kappa shape index (κ3) is 2.94. The van der Waals surface area contributed by atoms with Gasteiger partial charge in [0.2, 0.25) is 5.91 Å². The van der Waals surface area contributed by atoms with Crippen molar-refractivity contribution < 1.29 is 9.59 Å². The summed E-state index contributed by atoms with van der Waals surface area (Å²) >= 11 is 0. The zero-order valence-electron chi connectivity index (χ0n) is 8.27. The molecule has 0 unspecified atom stereocenters. The van der Waals surface area contributed by atoms with Crippen LogP contribution in [0.2, 0.25) is 0 Å². The highest BCUT2D eigenvalue weighted by atomic mass is 16.3. The number of nitrogens with one attached hydrogen (secondary N) is 1. The summed E-state index contributed by atoms with van der Waals surface area (Å²) in [7, 11) is 0. The minimum atomic E-state index is -0.882. The predicted octanol–water partition coefficient (Wildman–Crippen LogP) is 1.26. The summed E-state index contributed by atoms with van der Waals surface area (Å²) in [5.41, 5.74) is 0.634. The fourth-order valence-electron chi connectivity index (χ4n) is 1.09. The molecule has 0 saturated heterocycles. The van der Waals surface area contributed by atoms with Crippen LogP contribution in [0.15, 0.2) is 17.3 Å². The Kier molecular flexibility index (Phi) is 3.22. The van der Waals surface area contributed by atoms with Crippen molar-refractivity contribution in [3.8, 4) is 0 Å². The lowest BCUT2D eigenvalue weighted by Gasteiger charge is -2.03. The molecule has 1 heterocycles. The van der Waals surface area contributed by atoms with Crippen molar-refractivity contribution in [2.75, 3.05) is 5.32 Å². The van der Waals surface area contributed by atoms with E-state index >= 15 is 0 Å². The molecule has 2 amide bonds. The number of hydrogen-bond donors (Lipinski definition) is 1. The quantitative estimate of drug-likeness (QED) is 0.739. The number of carbonyl (C=O) groups is 2. The number of aromatic nitrogens is 1. The van der Waals surface area contributed by atoms with E-state index < -0.39 is 5.91 Å². The van der Waals surface area contributed by atoms with Crippen LogP contribution < -0.4 is 5.32 Å². The summed E-state index contributed by atoms with van der Waals surface area (Å²) in [5, 5.41) is 4.71. The molecule has 78 valence electrons. The van der Waals surface area contributed by atoms with E-state index in [1.165, 1.54) is 19.1 Å². The van der Waals surface area contributed by atoms with Gasteiger partial charge in [-0.1, -0.05) is 0 Å². The number of nitrogens with zero attached hydrogens (tertiary/aromatic N) is 2. The van der Waals surface area contributed by atoms with Crippen LogP contribution in [0, 0.1) is 11.8 Å². The van der Waals surface area contributed by atoms with Crippen LogP contribution in [0.1, 0.15) is 23.0 Å². The highest BCUT2D eigenvalue weighted by Gasteiger charge is 2.09. The lowest BCUT2D eigenvalue weighted by atomic mass is 10.2. The number of hydrogen-bond acceptors (Lipinski definition) is 4. The van der Waals surface area contributed by atoms with Gasteiger partial charge in [-0.2, -0.15) is 0 Å². The van der Waals surface area contributed by atoms with Gasteiger partial charge in [0.1, 0.15) is 5.82 Å². The maximum atomic E-state index is 11.0. The molecule has 0 radical (unpaired) electrons. The number of pyridine rings is 1. The summed E-state index contributed by atoms with van der Waals surface area (Å²) in [6.07, 6.45) is 0. The van der Waals surface area contributed by atoms with Gasteiger partial charge in [-0.05, 0) is 19.1 Å². The van der Waals surface area contributed by atoms with E-state index in [9.17, 15) is 14.5 Å². The highest BCUT2D eigenvalue weighted by Crippen LogP contribution is 2.11. The monoisotopic (exact) mass is 207 g/mol. The number of carbonyl (C=O) groups excluding carboxylic acids is 2. The number of aryl methyl sites for hydroxylation is 1. The van der Waals surface area contributed by atoms with Gasteiger partial charge < -0.3 is 5.32 Å². The fraction of sp³-hybridized carbons (Fsp3) is 0.222. The zero-order chi connectivity index (χ0) is 11.4. The van der Waals surface area contributed by atoms with Crippen LogP contribution in [-0.2, 0) is 4.79 Å². The maximum Gasteiger partial charge on any atom is 0.316 e. The van der Waals surface area contributed by atoms with Crippen LogP contribution in [0.25, 0.3) is 0 Å². The lowest BCUT2D eigenvalue weighted by molar-refractivity contribution is -0.114. The minimum absolute atomic E-state index is 0.112. The molecule has 6 nitrogen and oxygen atoms in total. The molecule has 1 aromatic heterocycles. The normalized spacial score (nSPS) is 9.47. The molecule has 1 rings (SSSR count). The van der Waals surface area contributed by atoms with Crippen molar-refractivity contribution in [3.05, 3.63) is 28.3 Å². The number of nitroso groups, excluding NO2 is 1. The van der Waals surface area contributed by atoms with Crippen molar-refractivity contribution in [1.29, 1.82) is 0 Å². The predicted molar refractivity (Wildman–Crippen MR) is 53.4 cm³/mol. The molecule has 15 heavy (non-hydrogen) atoms. The van der Waals surface area contributed by atoms with Crippen LogP contribution in [0.4, 0.5) is 5.82 Å². The van der Waals surface area contributed by atoms with E-state index in [4.69, 9.17) is 0 Å². The molecule has 6 heteroatoms. The average Bonchev–Trinajstić information content (AvgIpc) is 2.14. The lowest BCUT2D eigenvalue weighted by Crippen LogP contribution is -2.09. The third-order valence-electron chi connectivity index (χ3n) is 1.59. The first-order valence-corrected chi connectivity index (χ1v) is 4.17. The Morgan fingerprint density at radius 1 is 1.40 bits per heavy atom. The van der Waals surface area contributed by atoms with E-state index in [1.807, 2.05) is 0 Å². The van der Waals surface area contributed by atoms with Crippen molar-refractivity contribution in [1.82, 2.24) is 4.98 Å². The van der Waals surface area contributed by atoms with Crippen molar-refractivity contribution in [3.63, 3.8) is 0 Å². The van der Waals surface area contributed by atoms with Crippen LogP contribution in [-0.4, -0.2) is 16.8 Å². The van der Waals surface area contributed by atoms with Crippen molar-refractivity contribution >= 4 is 17.6 Å². The Labute approximate surface area is 85.7 Å². The third-order valence-corrected chi connectivity index (χ3v) is 1.59. The average molecular weight is 207 g/mol. The molecule has 0 atom stereocenters. The standard InChI is InChI=1S/C9H9N3O3/c1-5-3-7(9(14)12-15)4-8(10-5)11-6(2)13/h3-4H,1-2H3,(H,10,11,13). The Bertz CT molecular complexity index is 429. The first-order chi connectivity index (χ1) is 7.02. The molecule has 0 aromatic carbocycles. The molecule has 0 aliphatic heterocycles. The van der Waals surface area contributed by atoms with Crippen molar-refractivity contribution in [2.45, 2.75) is 13.8 Å². The van der Waals surface area contributed by atoms with E-state index in [0.29, 0.717) is 5.69 Å². The maximum absolute atomic E-state index is 11.0. The SMILES string of the molecule is CC(=O)Nc1cc(C(=O)N=O)cc(C)n1. The van der Waals surface area contributed by atoms with E-state index in [0.717, 1.165) is 0 Å². The van der Waals surface area contributed by atoms with Crippen LogP contribution in [0.5, 0.6) is 0 Å². The Morgan fingerprint density at radius 3 is 2.60 bits per heavy atom. The molecule has 0 saturated carbocycles. The first kappa shape index (κ1) is 11.0. The smallest absolute Gasteiger partial charge is 0.311 e. The second-order valence-corrected chi connectivity index (χ2v) is 2.96. The minimum Gasteiger partial charge on any atom is -0.311 e. The summed E-state index contributed by atoms with van der Waals surface area (Å²) in [6, 6.07) is 2.73. The second kappa shape index (κ2) is 4.41. The van der Waals surface area contributed by atoms with Gasteiger partial charge in [0, 0.05) is 17.8 Å². The second-order valence-electron chi connectivity index (χ2n) is 2.96. The molecule has 0 aliphatic carbocycles. The van der Waals surface area contributed by atoms with Gasteiger partial charge in [-0.3, -0.25) is 9.59 Å². The summed E-state index contributed by atoms with van der Waals surface area (Å²) in [5.74, 6) is -0.952. The van der Waals surface area contributed by atoms with Gasteiger partial charge in [0.25, 0.3) is 0 Å². The van der Waals surface area contributed by atoms with Crippen molar-refractivity contribution in [2.24, 2.45) is 5.18 Å². The molecule has 0 fully saturated rings. The Morgan fingerprint density at radius 2 is 2.07 bits per heavy atom. The summed E-state index contributed by atoms with van der Waals surface area (Å²) in [6.45, 7) is 2.97. The Balaban J connectivity index is 3.10.